The predicted octanol–water partition coefficient (Wildman–Crippen LogP) is 2.52. The Hall–Kier alpha value is -1.43. The minimum absolute atomic E-state index is 0.115. The minimum Gasteiger partial charge on any atom is -0.381 e. The average molecular weight is 346 g/mol. The number of amides is 1. The van der Waals surface area contributed by atoms with E-state index < -0.39 is 0 Å². The van der Waals surface area contributed by atoms with E-state index in [9.17, 15) is 4.79 Å². The molecule has 3 rings (SSSR count). The first kappa shape index (κ1) is 18.4. The van der Waals surface area contributed by atoms with Crippen LogP contribution in [-0.4, -0.2) is 31.3 Å². The van der Waals surface area contributed by atoms with Crippen molar-refractivity contribution in [3.8, 4) is 0 Å². The Morgan fingerprint density at radius 2 is 2.08 bits per heavy atom. The Kier molecular flexibility index (Phi) is 6.10. The summed E-state index contributed by atoms with van der Waals surface area (Å²) in [7, 11) is 0. The maximum Gasteiger partial charge on any atom is 0.226 e. The lowest BCUT2D eigenvalue weighted by Crippen LogP contribution is -2.37. The smallest absolute Gasteiger partial charge is 0.226 e. The van der Waals surface area contributed by atoms with Gasteiger partial charge in [-0.25, -0.2) is 0 Å². The molecule has 1 aliphatic carbocycles. The van der Waals surface area contributed by atoms with Crippen molar-refractivity contribution in [1.82, 2.24) is 5.32 Å². The SMILES string of the molecule is C[C@]1(C(=O)NCc2cccc(COC3CCOCC3)c2)CC[C@H](N)C1. The standard InChI is InChI=1S/C20H30N2O3/c1-20(8-5-17(21)12-20)19(23)22-13-15-3-2-4-16(11-15)14-25-18-6-9-24-10-7-18/h2-4,11,17-18H,5-10,12-14,21H2,1H3,(H,22,23)/t17-,20-/m0/s1. The van der Waals surface area contributed by atoms with Gasteiger partial charge in [0, 0.05) is 31.2 Å². The van der Waals surface area contributed by atoms with Crippen molar-refractivity contribution in [3.63, 3.8) is 0 Å². The van der Waals surface area contributed by atoms with E-state index in [1.54, 1.807) is 0 Å². The number of nitrogens with one attached hydrogen (secondary N) is 1. The largest absolute Gasteiger partial charge is 0.381 e. The van der Waals surface area contributed by atoms with Crippen LogP contribution in [0.3, 0.4) is 0 Å². The number of benzene rings is 1. The molecular formula is C20H30N2O3. The van der Waals surface area contributed by atoms with Gasteiger partial charge in [-0.3, -0.25) is 4.79 Å². The summed E-state index contributed by atoms with van der Waals surface area (Å²) in [5.41, 5.74) is 7.90. The van der Waals surface area contributed by atoms with Crippen molar-refractivity contribution in [2.24, 2.45) is 11.1 Å². The van der Waals surface area contributed by atoms with Gasteiger partial charge in [-0.05, 0) is 43.2 Å². The van der Waals surface area contributed by atoms with Crippen molar-refractivity contribution in [1.29, 1.82) is 0 Å². The lowest BCUT2D eigenvalue weighted by Gasteiger charge is -2.23. The third kappa shape index (κ3) is 5.03. The molecule has 1 saturated carbocycles. The summed E-state index contributed by atoms with van der Waals surface area (Å²) in [6, 6.07) is 8.41. The fourth-order valence-electron chi connectivity index (χ4n) is 3.77. The topological polar surface area (TPSA) is 73.6 Å². The molecule has 138 valence electrons. The molecule has 1 amide bonds. The van der Waals surface area contributed by atoms with Crippen molar-refractivity contribution < 1.29 is 14.3 Å². The second kappa shape index (κ2) is 8.30. The Morgan fingerprint density at radius 1 is 1.32 bits per heavy atom. The molecule has 0 bridgehead atoms. The van der Waals surface area contributed by atoms with Gasteiger partial charge in [-0.1, -0.05) is 31.2 Å². The molecule has 5 nitrogen and oxygen atoms in total. The molecule has 3 N–H and O–H groups in total. The number of hydrogen-bond donors (Lipinski definition) is 2. The second-order valence-electron chi connectivity index (χ2n) is 7.69. The Morgan fingerprint density at radius 3 is 2.80 bits per heavy atom. The van der Waals surface area contributed by atoms with Crippen molar-refractivity contribution in [3.05, 3.63) is 35.4 Å². The van der Waals surface area contributed by atoms with E-state index in [2.05, 4.69) is 17.4 Å². The zero-order valence-electron chi connectivity index (χ0n) is 15.1. The summed E-state index contributed by atoms with van der Waals surface area (Å²) in [6.45, 7) is 4.76. The van der Waals surface area contributed by atoms with Crippen LogP contribution in [0, 0.1) is 5.41 Å². The van der Waals surface area contributed by atoms with Crippen LogP contribution in [0.25, 0.3) is 0 Å². The Labute approximate surface area is 150 Å². The second-order valence-corrected chi connectivity index (χ2v) is 7.69. The molecule has 1 aliphatic heterocycles. The summed E-state index contributed by atoms with van der Waals surface area (Å²) in [5.74, 6) is 0.115. The van der Waals surface area contributed by atoms with Crippen LogP contribution < -0.4 is 11.1 Å². The zero-order chi connectivity index (χ0) is 17.7. The fourth-order valence-corrected chi connectivity index (χ4v) is 3.77. The molecule has 0 aromatic heterocycles. The van der Waals surface area contributed by atoms with Gasteiger partial charge in [0.1, 0.15) is 0 Å². The lowest BCUT2D eigenvalue weighted by molar-refractivity contribution is -0.130. The molecular weight excluding hydrogens is 316 g/mol. The first-order valence-electron chi connectivity index (χ1n) is 9.36. The van der Waals surface area contributed by atoms with Crippen LogP contribution in [0.2, 0.25) is 0 Å². The molecule has 1 aromatic rings. The Bertz CT molecular complexity index is 586. The number of carbonyl (C=O) groups is 1. The molecule has 1 heterocycles. The van der Waals surface area contributed by atoms with Crippen LogP contribution in [-0.2, 0) is 27.4 Å². The molecule has 1 saturated heterocycles. The van der Waals surface area contributed by atoms with E-state index in [1.165, 1.54) is 0 Å². The summed E-state index contributed by atoms with van der Waals surface area (Å²) < 4.78 is 11.3. The highest BCUT2D eigenvalue weighted by Crippen LogP contribution is 2.37. The summed E-state index contributed by atoms with van der Waals surface area (Å²) in [4.78, 5) is 12.5. The van der Waals surface area contributed by atoms with E-state index in [0.717, 1.165) is 56.4 Å². The molecule has 0 unspecified atom stereocenters. The van der Waals surface area contributed by atoms with Crippen LogP contribution in [0.4, 0.5) is 0 Å². The molecule has 25 heavy (non-hydrogen) atoms. The van der Waals surface area contributed by atoms with Gasteiger partial charge in [0.15, 0.2) is 0 Å². The minimum atomic E-state index is -0.316. The molecule has 0 radical (unpaired) electrons. The lowest BCUT2D eigenvalue weighted by atomic mass is 9.87. The third-order valence-electron chi connectivity index (χ3n) is 5.43. The van der Waals surface area contributed by atoms with Crippen molar-refractivity contribution in [2.75, 3.05) is 13.2 Å². The molecule has 2 aliphatic rings. The normalized spacial score (nSPS) is 27.4. The van der Waals surface area contributed by atoms with E-state index >= 15 is 0 Å². The molecule has 5 heteroatoms. The van der Waals surface area contributed by atoms with Gasteiger partial charge in [-0.2, -0.15) is 0 Å². The highest BCUT2D eigenvalue weighted by atomic mass is 16.5. The fraction of sp³-hybridized carbons (Fsp3) is 0.650. The molecule has 1 aromatic carbocycles. The monoisotopic (exact) mass is 346 g/mol. The number of carbonyl (C=O) groups excluding carboxylic acids is 1. The highest BCUT2D eigenvalue weighted by Gasteiger charge is 2.39. The molecule has 2 atom stereocenters. The van der Waals surface area contributed by atoms with Gasteiger partial charge in [0.05, 0.1) is 12.7 Å². The van der Waals surface area contributed by atoms with Gasteiger partial charge in [0.25, 0.3) is 0 Å². The van der Waals surface area contributed by atoms with Crippen LogP contribution in [0.15, 0.2) is 24.3 Å². The van der Waals surface area contributed by atoms with Crippen molar-refractivity contribution in [2.45, 2.75) is 64.3 Å². The van der Waals surface area contributed by atoms with Gasteiger partial charge in [0.2, 0.25) is 5.91 Å². The summed E-state index contributed by atoms with van der Waals surface area (Å²) in [6.07, 6.45) is 4.82. The number of nitrogens with two attached hydrogens (primary N) is 1. The van der Waals surface area contributed by atoms with E-state index in [4.69, 9.17) is 15.2 Å². The van der Waals surface area contributed by atoms with Gasteiger partial charge >= 0.3 is 0 Å². The van der Waals surface area contributed by atoms with Crippen LogP contribution in [0.5, 0.6) is 0 Å². The van der Waals surface area contributed by atoms with E-state index in [1.807, 2.05) is 19.1 Å². The first-order chi connectivity index (χ1) is 12.0. The van der Waals surface area contributed by atoms with Crippen LogP contribution in [0.1, 0.15) is 50.2 Å². The first-order valence-corrected chi connectivity index (χ1v) is 9.36. The number of ether oxygens (including phenoxy) is 2. The number of hydrogen-bond acceptors (Lipinski definition) is 4. The van der Waals surface area contributed by atoms with Gasteiger partial charge < -0.3 is 20.5 Å². The molecule has 0 spiro atoms. The van der Waals surface area contributed by atoms with Crippen molar-refractivity contribution >= 4 is 5.91 Å². The van der Waals surface area contributed by atoms with E-state index in [-0.39, 0.29) is 17.4 Å². The van der Waals surface area contributed by atoms with E-state index in [0.29, 0.717) is 19.3 Å². The maximum absolute atomic E-state index is 12.5. The summed E-state index contributed by atoms with van der Waals surface area (Å²) in [5, 5.41) is 3.08. The summed E-state index contributed by atoms with van der Waals surface area (Å²) >= 11 is 0. The highest BCUT2D eigenvalue weighted by molar-refractivity contribution is 5.82. The zero-order valence-corrected chi connectivity index (χ0v) is 15.1. The number of rotatable bonds is 6. The predicted molar refractivity (Wildman–Crippen MR) is 96.9 cm³/mol. The van der Waals surface area contributed by atoms with Gasteiger partial charge in [-0.15, -0.1) is 0 Å². The maximum atomic E-state index is 12.5. The van der Waals surface area contributed by atoms with Crippen LogP contribution >= 0.6 is 0 Å². The Balaban J connectivity index is 1.48. The third-order valence-corrected chi connectivity index (χ3v) is 5.43. The molecule has 2 fully saturated rings. The average Bonchev–Trinajstić information content (AvgIpc) is 2.99. The quantitative estimate of drug-likeness (QED) is 0.830.